The molecule has 0 spiro atoms. The summed E-state index contributed by atoms with van der Waals surface area (Å²) in [4.78, 5) is 26.8. The monoisotopic (exact) mass is 282 g/mol. The second-order valence-electron chi connectivity index (χ2n) is 5.10. The van der Waals surface area contributed by atoms with Crippen LogP contribution in [0.2, 0.25) is 0 Å². The van der Waals surface area contributed by atoms with Crippen LogP contribution in [-0.2, 0) is 11.3 Å². The van der Waals surface area contributed by atoms with Gasteiger partial charge in [0.2, 0.25) is 0 Å². The summed E-state index contributed by atoms with van der Waals surface area (Å²) >= 11 is 1.58. The minimum atomic E-state index is -1.07. The van der Waals surface area contributed by atoms with E-state index in [1.54, 1.807) is 30.2 Å². The molecule has 1 fully saturated rings. The normalized spacial score (nSPS) is 22.5. The summed E-state index contributed by atoms with van der Waals surface area (Å²) in [6.45, 7) is 2.64. The lowest BCUT2D eigenvalue weighted by molar-refractivity contribution is -0.147. The molecule has 0 bridgehead atoms. The Balaban J connectivity index is 2.08. The van der Waals surface area contributed by atoms with E-state index < -0.39 is 11.5 Å². The van der Waals surface area contributed by atoms with Crippen LogP contribution in [0.3, 0.4) is 0 Å². The van der Waals surface area contributed by atoms with E-state index >= 15 is 0 Å². The highest BCUT2D eigenvalue weighted by Crippen LogP contribution is 2.30. The number of rotatable bonds is 3. The molecule has 1 saturated heterocycles. The number of likely N-dealkylation sites (tertiary alicyclic amines) is 1. The molecule has 2 heterocycles. The lowest BCUT2D eigenvalue weighted by Crippen LogP contribution is -2.54. The van der Waals surface area contributed by atoms with E-state index in [-0.39, 0.29) is 6.03 Å². The molecule has 0 radical (unpaired) electrons. The zero-order valence-electron chi connectivity index (χ0n) is 11.1. The van der Waals surface area contributed by atoms with Gasteiger partial charge in [-0.1, -0.05) is 0 Å². The first-order valence-corrected chi connectivity index (χ1v) is 7.16. The molecule has 2 rings (SSSR count). The van der Waals surface area contributed by atoms with Crippen molar-refractivity contribution < 1.29 is 14.7 Å². The number of carboxylic acids is 1. The zero-order valence-corrected chi connectivity index (χ0v) is 11.9. The van der Waals surface area contributed by atoms with Gasteiger partial charge >= 0.3 is 12.0 Å². The lowest BCUT2D eigenvalue weighted by Gasteiger charge is -2.34. The predicted molar refractivity (Wildman–Crippen MR) is 73.2 cm³/mol. The molecule has 1 aliphatic rings. The van der Waals surface area contributed by atoms with Crippen LogP contribution < -0.4 is 0 Å². The van der Waals surface area contributed by atoms with E-state index in [0.717, 1.165) is 12.0 Å². The molecule has 0 saturated carbocycles. The van der Waals surface area contributed by atoms with Gasteiger partial charge in [0.1, 0.15) is 5.54 Å². The number of carboxylic acid groups (broad SMARTS) is 1. The molecule has 2 amide bonds. The second kappa shape index (κ2) is 5.21. The number of hydrogen-bond donors (Lipinski definition) is 1. The predicted octanol–water partition coefficient (Wildman–Crippen LogP) is 2.24. The van der Waals surface area contributed by atoms with Gasteiger partial charge in [0.25, 0.3) is 0 Å². The van der Waals surface area contributed by atoms with Gasteiger partial charge in [-0.25, -0.2) is 9.59 Å². The third-order valence-electron chi connectivity index (χ3n) is 3.66. The summed E-state index contributed by atoms with van der Waals surface area (Å²) in [5.74, 6) is -0.928. The highest BCUT2D eigenvalue weighted by atomic mass is 32.1. The summed E-state index contributed by atoms with van der Waals surface area (Å²) in [7, 11) is 1.71. The van der Waals surface area contributed by atoms with Crippen molar-refractivity contribution in [2.45, 2.75) is 31.8 Å². The summed E-state index contributed by atoms with van der Waals surface area (Å²) in [6.07, 6.45) is 1.25. The van der Waals surface area contributed by atoms with Gasteiger partial charge < -0.3 is 14.9 Å². The molecule has 1 aromatic rings. The fraction of sp³-hybridized carbons (Fsp3) is 0.538. The first kappa shape index (κ1) is 13.9. The Kier molecular flexibility index (Phi) is 3.80. The Morgan fingerprint density at radius 2 is 2.32 bits per heavy atom. The molecule has 19 heavy (non-hydrogen) atoms. The van der Waals surface area contributed by atoms with Crippen molar-refractivity contribution in [3.05, 3.63) is 22.4 Å². The number of hydrogen-bond acceptors (Lipinski definition) is 3. The average molecular weight is 282 g/mol. The van der Waals surface area contributed by atoms with Crippen molar-refractivity contribution in [3.8, 4) is 0 Å². The fourth-order valence-electron chi connectivity index (χ4n) is 2.42. The SMILES string of the molecule is CN(Cc1ccsc1)C(=O)N1CCCC1(C)C(=O)O. The largest absolute Gasteiger partial charge is 0.480 e. The minimum absolute atomic E-state index is 0.214. The molecular weight excluding hydrogens is 264 g/mol. The topological polar surface area (TPSA) is 60.9 Å². The van der Waals surface area contributed by atoms with Gasteiger partial charge in [-0.05, 0) is 42.2 Å². The van der Waals surface area contributed by atoms with Crippen LogP contribution in [0, 0.1) is 0 Å². The highest BCUT2D eigenvalue weighted by Gasteiger charge is 2.46. The molecule has 0 aromatic carbocycles. The quantitative estimate of drug-likeness (QED) is 0.925. The van der Waals surface area contributed by atoms with Crippen LogP contribution in [0.4, 0.5) is 4.79 Å². The maximum absolute atomic E-state index is 12.4. The molecule has 1 aromatic heterocycles. The van der Waals surface area contributed by atoms with Gasteiger partial charge in [0.15, 0.2) is 0 Å². The molecule has 5 nitrogen and oxygen atoms in total. The number of carbonyl (C=O) groups is 2. The van der Waals surface area contributed by atoms with E-state index in [1.807, 2.05) is 16.8 Å². The summed E-state index contributed by atoms with van der Waals surface area (Å²) in [5.41, 5.74) is -0.00272. The van der Waals surface area contributed by atoms with Crippen molar-refractivity contribution in [2.75, 3.05) is 13.6 Å². The van der Waals surface area contributed by atoms with Crippen molar-refractivity contribution in [3.63, 3.8) is 0 Å². The fourth-order valence-corrected chi connectivity index (χ4v) is 3.08. The number of aliphatic carboxylic acids is 1. The van der Waals surface area contributed by atoms with E-state index in [0.29, 0.717) is 19.5 Å². The number of nitrogens with zero attached hydrogens (tertiary/aromatic N) is 2. The molecule has 104 valence electrons. The smallest absolute Gasteiger partial charge is 0.329 e. The van der Waals surface area contributed by atoms with Crippen LogP contribution in [0.5, 0.6) is 0 Å². The maximum Gasteiger partial charge on any atom is 0.329 e. The Hall–Kier alpha value is -1.56. The van der Waals surface area contributed by atoms with E-state index in [4.69, 9.17) is 0 Å². The Morgan fingerprint density at radius 1 is 1.58 bits per heavy atom. The Morgan fingerprint density at radius 3 is 2.89 bits per heavy atom. The van der Waals surface area contributed by atoms with Crippen molar-refractivity contribution in [1.29, 1.82) is 0 Å². The minimum Gasteiger partial charge on any atom is -0.480 e. The van der Waals surface area contributed by atoms with Gasteiger partial charge in [0, 0.05) is 20.1 Å². The van der Waals surface area contributed by atoms with Gasteiger partial charge in [-0.3, -0.25) is 0 Å². The van der Waals surface area contributed by atoms with Gasteiger partial charge in [-0.2, -0.15) is 11.3 Å². The number of thiophene rings is 1. The van der Waals surface area contributed by atoms with Gasteiger partial charge in [-0.15, -0.1) is 0 Å². The zero-order chi connectivity index (χ0) is 14.0. The molecule has 1 atom stereocenters. The van der Waals surface area contributed by atoms with Crippen molar-refractivity contribution in [2.24, 2.45) is 0 Å². The standard InChI is InChI=1S/C13H18N2O3S/c1-13(11(16)17)5-3-6-15(13)12(18)14(2)8-10-4-7-19-9-10/h4,7,9H,3,5-6,8H2,1-2H3,(H,16,17). The van der Waals surface area contributed by atoms with E-state index in [2.05, 4.69) is 0 Å². The van der Waals surface area contributed by atoms with Crippen LogP contribution >= 0.6 is 11.3 Å². The second-order valence-corrected chi connectivity index (χ2v) is 5.88. The van der Waals surface area contributed by atoms with Crippen LogP contribution in [-0.4, -0.2) is 46.0 Å². The van der Waals surface area contributed by atoms with Crippen LogP contribution in [0.15, 0.2) is 16.8 Å². The van der Waals surface area contributed by atoms with Gasteiger partial charge in [0.05, 0.1) is 0 Å². The third-order valence-corrected chi connectivity index (χ3v) is 4.39. The summed E-state index contributed by atoms with van der Waals surface area (Å²) in [6, 6.07) is 1.75. The highest BCUT2D eigenvalue weighted by molar-refractivity contribution is 7.07. The number of urea groups is 1. The van der Waals surface area contributed by atoms with E-state index in [1.165, 1.54) is 4.90 Å². The Bertz CT molecular complexity index is 474. The molecular formula is C13H18N2O3S. The van der Waals surface area contributed by atoms with Crippen molar-refractivity contribution in [1.82, 2.24) is 9.80 Å². The third kappa shape index (κ3) is 2.58. The molecule has 0 aliphatic carbocycles. The first-order valence-electron chi connectivity index (χ1n) is 6.22. The Labute approximate surface area is 116 Å². The molecule has 1 unspecified atom stereocenters. The summed E-state index contributed by atoms with van der Waals surface area (Å²) < 4.78 is 0. The average Bonchev–Trinajstić information content (AvgIpc) is 2.98. The van der Waals surface area contributed by atoms with Crippen LogP contribution in [0.1, 0.15) is 25.3 Å². The molecule has 6 heteroatoms. The molecule has 1 aliphatic heterocycles. The molecule has 1 N–H and O–H groups in total. The van der Waals surface area contributed by atoms with E-state index in [9.17, 15) is 14.7 Å². The number of carbonyl (C=O) groups excluding carboxylic acids is 1. The maximum atomic E-state index is 12.4. The van der Waals surface area contributed by atoms with Crippen molar-refractivity contribution >= 4 is 23.3 Å². The van der Waals surface area contributed by atoms with Crippen LogP contribution in [0.25, 0.3) is 0 Å². The summed E-state index contributed by atoms with van der Waals surface area (Å²) in [5, 5.41) is 13.3. The first-order chi connectivity index (χ1) is 8.95. The number of amides is 2. The lowest BCUT2D eigenvalue weighted by atomic mass is 10.00.